The van der Waals surface area contributed by atoms with Crippen LogP contribution >= 0.6 is 15.9 Å². The maximum absolute atomic E-state index is 5.40. The van der Waals surface area contributed by atoms with Crippen molar-refractivity contribution < 1.29 is 0 Å². The topological polar surface area (TPSA) is 30.9 Å². The molecule has 0 saturated carbocycles. The maximum Gasteiger partial charge on any atom is 0.0847 e. The fourth-order valence-electron chi connectivity index (χ4n) is 0.714. The molecule has 0 aliphatic rings. The maximum atomic E-state index is 5.40. The van der Waals surface area contributed by atoms with Crippen molar-refractivity contribution in [2.45, 2.75) is 6.54 Å². The van der Waals surface area contributed by atoms with Gasteiger partial charge in [-0.05, 0) is 27.6 Å². The number of aromatic nitrogens is 1. The minimum Gasteiger partial charge on any atom is -0.345 e. The summed E-state index contributed by atoms with van der Waals surface area (Å²) in [4.78, 5) is 0. The monoisotopic (exact) mass is 188 g/mol. The Morgan fingerprint density at radius 2 is 2.44 bits per heavy atom. The van der Waals surface area contributed by atoms with Gasteiger partial charge in [0.25, 0.3) is 0 Å². The van der Waals surface area contributed by atoms with Crippen molar-refractivity contribution in [3.05, 3.63) is 22.4 Å². The van der Waals surface area contributed by atoms with Crippen LogP contribution in [-0.4, -0.2) is 4.57 Å². The molecule has 0 atom stereocenters. The van der Waals surface area contributed by atoms with Gasteiger partial charge in [-0.1, -0.05) is 0 Å². The number of aryl methyl sites for hydroxylation is 1. The minimum atomic E-state index is 0.611. The third kappa shape index (κ3) is 1.34. The van der Waals surface area contributed by atoms with Crippen LogP contribution in [0, 0.1) is 0 Å². The molecule has 0 amide bonds. The largest absolute Gasteiger partial charge is 0.345 e. The third-order valence-corrected chi connectivity index (χ3v) is 2.02. The van der Waals surface area contributed by atoms with Gasteiger partial charge in [0.05, 0.1) is 4.60 Å². The zero-order valence-corrected chi connectivity index (χ0v) is 6.85. The van der Waals surface area contributed by atoms with Crippen molar-refractivity contribution in [1.82, 2.24) is 4.57 Å². The first kappa shape index (κ1) is 6.83. The molecular weight excluding hydrogens is 180 g/mol. The summed E-state index contributed by atoms with van der Waals surface area (Å²) >= 11 is 3.36. The second-order valence-electron chi connectivity index (χ2n) is 1.99. The molecule has 0 aliphatic carbocycles. The van der Waals surface area contributed by atoms with Crippen LogP contribution in [0.15, 0.2) is 16.9 Å². The first-order valence-electron chi connectivity index (χ1n) is 2.75. The number of halogens is 1. The van der Waals surface area contributed by atoms with Crippen molar-refractivity contribution >= 4 is 15.9 Å². The van der Waals surface area contributed by atoms with E-state index in [9.17, 15) is 0 Å². The minimum absolute atomic E-state index is 0.611. The molecule has 2 nitrogen and oxygen atoms in total. The number of nitrogens with zero attached hydrogens (tertiary/aromatic N) is 1. The SMILES string of the molecule is Cn1cc(CN)cc1Br. The van der Waals surface area contributed by atoms with Gasteiger partial charge in [-0.15, -0.1) is 0 Å². The summed E-state index contributed by atoms with van der Waals surface area (Å²) in [5.41, 5.74) is 6.55. The van der Waals surface area contributed by atoms with Crippen LogP contribution in [0.4, 0.5) is 0 Å². The Labute approximate surface area is 62.8 Å². The van der Waals surface area contributed by atoms with E-state index in [-0.39, 0.29) is 0 Å². The average molecular weight is 189 g/mol. The lowest BCUT2D eigenvalue weighted by atomic mass is 10.4. The van der Waals surface area contributed by atoms with E-state index in [2.05, 4.69) is 15.9 Å². The molecule has 0 unspecified atom stereocenters. The lowest BCUT2D eigenvalue weighted by molar-refractivity contribution is 0.894. The van der Waals surface area contributed by atoms with Gasteiger partial charge in [-0.25, -0.2) is 0 Å². The first-order chi connectivity index (χ1) is 4.24. The van der Waals surface area contributed by atoms with Gasteiger partial charge in [-0.3, -0.25) is 0 Å². The highest BCUT2D eigenvalue weighted by Crippen LogP contribution is 2.12. The molecule has 2 N–H and O–H groups in total. The molecular formula is C6H9BrN2. The van der Waals surface area contributed by atoms with Crippen molar-refractivity contribution in [3.8, 4) is 0 Å². The van der Waals surface area contributed by atoms with Crippen LogP contribution in [0.1, 0.15) is 5.56 Å². The van der Waals surface area contributed by atoms with Gasteiger partial charge in [0.1, 0.15) is 0 Å². The van der Waals surface area contributed by atoms with Crippen LogP contribution in [0.2, 0.25) is 0 Å². The first-order valence-corrected chi connectivity index (χ1v) is 3.54. The van der Waals surface area contributed by atoms with E-state index in [1.165, 1.54) is 0 Å². The van der Waals surface area contributed by atoms with Crippen LogP contribution in [0.25, 0.3) is 0 Å². The van der Waals surface area contributed by atoms with Gasteiger partial charge in [-0.2, -0.15) is 0 Å². The van der Waals surface area contributed by atoms with Crippen molar-refractivity contribution in [3.63, 3.8) is 0 Å². The lowest BCUT2D eigenvalue weighted by Crippen LogP contribution is -1.93. The summed E-state index contributed by atoms with van der Waals surface area (Å²) in [6.45, 7) is 0.611. The second kappa shape index (κ2) is 2.54. The summed E-state index contributed by atoms with van der Waals surface area (Å²) in [6.07, 6.45) is 2.00. The Balaban J connectivity index is 2.98. The van der Waals surface area contributed by atoms with E-state index in [1.54, 1.807) is 0 Å². The highest BCUT2D eigenvalue weighted by Gasteiger charge is 1.95. The predicted octanol–water partition coefficient (Wildman–Crippen LogP) is 1.25. The van der Waals surface area contributed by atoms with Gasteiger partial charge >= 0.3 is 0 Å². The number of hydrogen-bond donors (Lipinski definition) is 1. The van der Waals surface area contributed by atoms with E-state index in [0.29, 0.717) is 6.54 Å². The second-order valence-corrected chi connectivity index (χ2v) is 2.80. The van der Waals surface area contributed by atoms with Gasteiger partial charge in [0.15, 0.2) is 0 Å². The fraction of sp³-hybridized carbons (Fsp3) is 0.333. The third-order valence-electron chi connectivity index (χ3n) is 1.24. The average Bonchev–Trinajstić information content (AvgIpc) is 2.13. The molecule has 9 heavy (non-hydrogen) atoms. The van der Waals surface area contributed by atoms with Crippen molar-refractivity contribution in [1.29, 1.82) is 0 Å². The summed E-state index contributed by atoms with van der Waals surface area (Å²) in [5, 5.41) is 0. The lowest BCUT2D eigenvalue weighted by Gasteiger charge is -1.88. The van der Waals surface area contributed by atoms with Gasteiger partial charge in [0.2, 0.25) is 0 Å². The molecule has 0 fully saturated rings. The van der Waals surface area contributed by atoms with Gasteiger partial charge < -0.3 is 10.3 Å². The highest BCUT2D eigenvalue weighted by molar-refractivity contribution is 9.10. The molecule has 0 aromatic carbocycles. The molecule has 0 saturated heterocycles. The Morgan fingerprint density at radius 3 is 2.67 bits per heavy atom. The van der Waals surface area contributed by atoms with Crippen LogP contribution in [0.3, 0.4) is 0 Å². The standard InChI is InChI=1S/C6H9BrN2/c1-9-4-5(3-8)2-6(9)7/h2,4H,3,8H2,1H3. The summed E-state index contributed by atoms with van der Waals surface area (Å²) in [7, 11) is 1.98. The number of rotatable bonds is 1. The fourth-order valence-corrected chi connectivity index (χ4v) is 1.11. The van der Waals surface area contributed by atoms with Crippen molar-refractivity contribution in [2.24, 2.45) is 12.8 Å². The number of hydrogen-bond acceptors (Lipinski definition) is 1. The Hall–Kier alpha value is -0.280. The van der Waals surface area contributed by atoms with Gasteiger partial charge in [0, 0.05) is 19.8 Å². The van der Waals surface area contributed by atoms with E-state index < -0.39 is 0 Å². The number of nitrogens with two attached hydrogens (primary N) is 1. The van der Waals surface area contributed by atoms with E-state index in [1.807, 2.05) is 23.9 Å². The van der Waals surface area contributed by atoms with Crippen LogP contribution < -0.4 is 5.73 Å². The molecule has 1 heterocycles. The molecule has 50 valence electrons. The highest BCUT2D eigenvalue weighted by atomic mass is 79.9. The molecule has 0 bridgehead atoms. The van der Waals surface area contributed by atoms with E-state index in [0.717, 1.165) is 10.2 Å². The zero-order chi connectivity index (χ0) is 6.85. The molecule has 0 aliphatic heterocycles. The van der Waals surface area contributed by atoms with Crippen LogP contribution in [0.5, 0.6) is 0 Å². The molecule has 1 rings (SSSR count). The molecule has 1 aromatic heterocycles. The Morgan fingerprint density at radius 1 is 1.78 bits per heavy atom. The molecule has 3 heteroatoms. The van der Waals surface area contributed by atoms with Crippen molar-refractivity contribution in [2.75, 3.05) is 0 Å². The van der Waals surface area contributed by atoms with E-state index >= 15 is 0 Å². The molecule has 1 aromatic rings. The zero-order valence-electron chi connectivity index (χ0n) is 5.26. The quantitative estimate of drug-likeness (QED) is 0.707. The van der Waals surface area contributed by atoms with Crippen LogP contribution in [-0.2, 0) is 13.6 Å². The summed E-state index contributed by atoms with van der Waals surface area (Å²) in [6, 6.07) is 2.01. The smallest absolute Gasteiger partial charge is 0.0847 e. The summed E-state index contributed by atoms with van der Waals surface area (Å²) < 4.78 is 3.06. The predicted molar refractivity (Wildman–Crippen MR) is 41.0 cm³/mol. The Kier molecular flexibility index (Phi) is 1.93. The molecule has 0 spiro atoms. The normalized spacial score (nSPS) is 10.1. The molecule has 0 radical (unpaired) electrons. The summed E-state index contributed by atoms with van der Waals surface area (Å²) in [5.74, 6) is 0. The Bertz CT molecular complexity index is 185. The van der Waals surface area contributed by atoms with E-state index in [4.69, 9.17) is 5.73 Å².